The molecule has 0 spiro atoms. The van der Waals surface area contributed by atoms with Crippen molar-refractivity contribution in [1.29, 1.82) is 0 Å². The van der Waals surface area contributed by atoms with E-state index in [1.54, 1.807) is 34.7 Å². The van der Waals surface area contributed by atoms with Gasteiger partial charge in [0, 0.05) is 6.42 Å². The summed E-state index contributed by atoms with van der Waals surface area (Å²) in [6.45, 7) is 10.8. The maximum absolute atomic E-state index is 12.3. The highest BCUT2D eigenvalue weighted by molar-refractivity contribution is 5.90. The summed E-state index contributed by atoms with van der Waals surface area (Å²) in [6, 6.07) is -2.01. The Labute approximate surface area is 162 Å². The quantitative estimate of drug-likeness (QED) is 0.360. The van der Waals surface area contributed by atoms with Gasteiger partial charge in [0.15, 0.2) is 0 Å². The van der Waals surface area contributed by atoms with E-state index in [4.69, 9.17) is 4.74 Å². The van der Waals surface area contributed by atoms with Gasteiger partial charge in [-0.1, -0.05) is 13.8 Å². The summed E-state index contributed by atoms with van der Waals surface area (Å²) in [6.07, 6.45) is 1.56. The Balaban J connectivity index is 4.57. The third-order valence-corrected chi connectivity index (χ3v) is 3.69. The highest BCUT2D eigenvalue weighted by Crippen LogP contribution is 2.10. The first kappa shape index (κ1) is 25.0. The van der Waals surface area contributed by atoms with E-state index >= 15 is 0 Å². The summed E-state index contributed by atoms with van der Waals surface area (Å²) >= 11 is 0. The van der Waals surface area contributed by atoms with Crippen LogP contribution in [0.1, 0.15) is 60.8 Å². The highest BCUT2D eigenvalue weighted by Gasteiger charge is 2.25. The van der Waals surface area contributed by atoms with Crippen LogP contribution in [-0.2, 0) is 23.9 Å². The van der Waals surface area contributed by atoms with Crippen LogP contribution in [0.3, 0.4) is 0 Å². The van der Waals surface area contributed by atoms with Crippen LogP contribution < -0.4 is 16.0 Å². The van der Waals surface area contributed by atoms with Gasteiger partial charge in [-0.05, 0) is 53.5 Å². The minimum absolute atomic E-state index is 0.0817. The van der Waals surface area contributed by atoms with Gasteiger partial charge in [0.05, 0.1) is 12.1 Å². The number of hydrogen-bond donors (Lipinski definition) is 3. The second-order valence-electron chi connectivity index (χ2n) is 8.08. The van der Waals surface area contributed by atoms with Crippen LogP contribution in [0.2, 0.25) is 0 Å². The molecule has 0 fully saturated rings. The summed E-state index contributed by atoms with van der Waals surface area (Å²) in [5.74, 6) is -0.950. The van der Waals surface area contributed by atoms with Gasteiger partial charge in [-0.2, -0.15) is 0 Å². The van der Waals surface area contributed by atoms with Crippen molar-refractivity contribution in [1.82, 2.24) is 16.0 Å². The molecule has 3 N–H and O–H groups in total. The molecular weight excluding hydrogens is 350 g/mol. The first-order chi connectivity index (χ1) is 12.4. The Morgan fingerprint density at radius 1 is 1.04 bits per heavy atom. The average molecular weight is 386 g/mol. The van der Waals surface area contributed by atoms with Crippen molar-refractivity contribution in [2.75, 3.05) is 7.05 Å². The van der Waals surface area contributed by atoms with E-state index in [0.717, 1.165) is 0 Å². The van der Waals surface area contributed by atoms with Crippen molar-refractivity contribution >= 4 is 24.1 Å². The van der Waals surface area contributed by atoms with Gasteiger partial charge < -0.3 is 25.5 Å². The Morgan fingerprint density at radius 2 is 1.63 bits per heavy atom. The van der Waals surface area contributed by atoms with E-state index in [0.29, 0.717) is 12.7 Å². The third kappa shape index (κ3) is 11.4. The molecule has 0 unspecified atom stereocenters. The lowest BCUT2D eigenvalue weighted by atomic mass is 10.0. The molecule has 0 saturated carbocycles. The average Bonchev–Trinajstić information content (AvgIpc) is 2.52. The van der Waals surface area contributed by atoms with Crippen molar-refractivity contribution in [2.24, 2.45) is 5.92 Å². The molecule has 0 aromatic heterocycles. The summed E-state index contributed by atoms with van der Waals surface area (Å²) in [5, 5.41) is 8.06. The first-order valence-corrected chi connectivity index (χ1v) is 9.34. The van der Waals surface area contributed by atoms with Crippen molar-refractivity contribution in [2.45, 2.75) is 84.5 Å². The summed E-state index contributed by atoms with van der Waals surface area (Å²) in [4.78, 5) is 47.4. The Morgan fingerprint density at radius 3 is 2.07 bits per heavy atom. The topological polar surface area (TPSA) is 114 Å². The van der Waals surface area contributed by atoms with Crippen molar-refractivity contribution in [3.63, 3.8) is 0 Å². The van der Waals surface area contributed by atoms with Crippen LogP contribution in [0.5, 0.6) is 0 Å². The molecule has 3 atom stereocenters. The molecule has 8 heteroatoms. The number of nitrogens with one attached hydrogen (secondary N) is 3. The molecule has 8 nitrogen and oxygen atoms in total. The molecule has 0 bridgehead atoms. The minimum atomic E-state index is -0.801. The molecule has 2 amide bonds. The van der Waals surface area contributed by atoms with E-state index in [1.807, 2.05) is 13.8 Å². The van der Waals surface area contributed by atoms with Crippen LogP contribution in [0.4, 0.5) is 0 Å². The van der Waals surface area contributed by atoms with Gasteiger partial charge in [0.2, 0.25) is 11.8 Å². The number of rotatable bonds is 11. The predicted octanol–water partition coefficient (Wildman–Crippen LogP) is 0.931. The fourth-order valence-corrected chi connectivity index (χ4v) is 2.40. The first-order valence-electron chi connectivity index (χ1n) is 9.34. The molecule has 156 valence electrons. The van der Waals surface area contributed by atoms with Gasteiger partial charge in [-0.3, -0.25) is 14.4 Å². The van der Waals surface area contributed by atoms with E-state index in [9.17, 15) is 19.2 Å². The standard InChI is InChI=1S/C19H35N3O5/c1-12(2)10-14(11-23)22-17(25)13(3)21-18(26)15(20-7)8-9-16(24)27-19(4,5)6/h11-15,20H,8-10H2,1-7H3,(H,21,26)(H,22,25)/t13-,14-,15-/m0/s1. The van der Waals surface area contributed by atoms with E-state index in [-0.39, 0.29) is 24.7 Å². The number of carbonyl (C=O) groups is 4. The lowest BCUT2D eigenvalue weighted by Gasteiger charge is -2.22. The number of ether oxygens (including phenoxy) is 1. The normalized spacial score (nSPS) is 14.8. The summed E-state index contributed by atoms with van der Waals surface area (Å²) in [5.41, 5.74) is -0.577. The Kier molecular flexibility index (Phi) is 10.8. The zero-order chi connectivity index (χ0) is 21.2. The molecule has 0 aromatic carbocycles. The smallest absolute Gasteiger partial charge is 0.306 e. The molecule has 0 heterocycles. The van der Waals surface area contributed by atoms with Crippen molar-refractivity contribution < 1.29 is 23.9 Å². The van der Waals surface area contributed by atoms with E-state index in [1.165, 1.54) is 0 Å². The summed E-state index contributed by atoms with van der Waals surface area (Å²) < 4.78 is 5.22. The van der Waals surface area contributed by atoms with E-state index < -0.39 is 35.5 Å². The van der Waals surface area contributed by atoms with Gasteiger partial charge >= 0.3 is 5.97 Å². The number of esters is 1. The second kappa shape index (κ2) is 11.7. The van der Waals surface area contributed by atoms with Crippen LogP contribution in [0.25, 0.3) is 0 Å². The van der Waals surface area contributed by atoms with Crippen LogP contribution >= 0.6 is 0 Å². The molecule has 0 aliphatic rings. The molecule has 0 rings (SSSR count). The lowest BCUT2D eigenvalue weighted by Crippen LogP contribution is -2.53. The minimum Gasteiger partial charge on any atom is -0.460 e. The van der Waals surface area contributed by atoms with Gasteiger partial charge in [0.1, 0.15) is 17.9 Å². The number of likely N-dealkylation sites (N-methyl/N-ethyl adjacent to an activating group) is 1. The van der Waals surface area contributed by atoms with Crippen molar-refractivity contribution in [3.8, 4) is 0 Å². The maximum atomic E-state index is 12.3. The van der Waals surface area contributed by atoms with Crippen LogP contribution in [-0.4, -0.2) is 54.8 Å². The Hall–Kier alpha value is -1.96. The molecule has 0 saturated heterocycles. The van der Waals surface area contributed by atoms with Crippen molar-refractivity contribution in [3.05, 3.63) is 0 Å². The fraction of sp³-hybridized carbons (Fsp3) is 0.789. The largest absolute Gasteiger partial charge is 0.460 e. The van der Waals surface area contributed by atoms with E-state index in [2.05, 4.69) is 16.0 Å². The fourth-order valence-electron chi connectivity index (χ4n) is 2.40. The summed E-state index contributed by atoms with van der Waals surface area (Å²) in [7, 11) is 1.61. The molecule has 0 aliphatic carbocycles. The predicted molar refractivity (Wildman–Crippen MR) is 103 cm³/mol. The molecule has 0 aliphatic heterocycles. The molecule has 0 aromatic rings. The SMILES string of the molecule is CN[C@@H](CCC(=O)OC(C)(C)C)C(=O)N[C@@H](C)C(=O)N[C@H](C=O)CC(C)C. The Bertz CT molecular complexity index is 514. The van der Waals surface area contributed by atoms with Gasteiger partial charge in [-0.15, -0.1) is 0 Å². The zero-order valence-corrected chi connectivity index (χ0v) is 17.5. The van der Waals surface area contributed by atoms with Crippen LogP contribution in [0.15, 0.2) is 0 Å². The molecule has 27 heavy (non-hydrogen) atoms. The number of hydrogen-bond acceptors (Lipinski definition) is 6. The number of amides is 2. The monoisotopic (exact) mass is 385 g/mol. The molecule has 0 radical (unpaired) electrons. The zero-order valence-electron chi connectivity index (χ0n) is 17.5. The van der Waals surface area contributed by atoms with Crippen LogP contribution in [0, 0.1) is 5.92 Å². The third-order valence-electron chi connectivity index (χ3n) is 3.69. The maximum Gasteiger partial charge on any atom is 0.306 e. The van der Waals surface area contributed by atoms with Gasteiger partial charge in [-0.25, -0.2) is 0 Å². The van der Waals surface area contributed by atoms with Gasteiger partial charge in [0.25, 0.3) is 0 Å². The number of aldehydes is 1. The number of carbonyl (C=O) groups excluding carboxylic acids is 4. The molecular formula is C19H35N3O5. The highest BCUT2D eigenvalue weighted by atomic mass is 16.6. The lowest BCUT2D eigenvalue weighted by molar-refractivity contribution is -0.155. The second-order valence-corrected chi connectivity index (χ2v) is 8.08.